The SMILES string of the molecule is CN(Cc1ccccc1N1CCOCC1)c1ccncc1Cl. The number of ether oxygens (including phenoxy) is 1. The first-order chi connectivity index (χ1) is 10.8. The molecule has 0 spiro atoms. The second-order valence-electron chi connectivity index (χ2n) is 5.41. The van der Waals surface area contributed by atoms with Gasteiger partial charge in [-0.25, -0.2) is 0 Å². The Morgan fingerprint density at radius 2 is 2.00 bits per heavy atom. The van der Waals surface area contributed by atoms with Crippen molar-refractivity contribution in [1.82, 2.24) is 4.98 Å². The van der Waals surface area contributed by atoms with Gasteiger partial charge in [0.05, 0.1) is 23.9 Å². The first-order valence-corrected chi connectivity index (χ1v) is 7.85. The number of pyridine rings is 1. The Labute approximate surface area is 136 Å². The van der Waals surface area contributed by atoms with E-state index in [2.05, 4.69) is 46.1 Å². The van der Waals surface area contributed by atoms with Gasteiger partial charge in [0.15, 0.2) is 0 Å². The zero-order valence-corrected chi connectivity index (χ0v) is 13.5. The molecule has 0 saturated carbocycles. The second kappa shape index (κ2) is 6.99. The summed E-state index contributed by atoms with van der Waals surface area (Å²) in [6.07, 6.45) is 3.45. The molecule has 2 heterocycles. The second-order valence-corrected chi connectivity index (χ2v) is 5.82. The summed E-state index contributed by atoms with van der Waals surface area (Å²) < 4.78 is 5.45. The zero-order valence-electron chi connectivity index (χ0n) is 12.7. The molecule has 1 fully saturated rings. The minimum absolute atomic E-state index is 0.675. The molecular weight excluding hydrogens is 298 g/mol. The lowest BCUT2D eigenvalue weighted by Crippen LogP contribution is -2.37. The molecule has 116 valence electrons. The van der Waals surface area contributed by atoms with E-state index in [0.717, 1.165) is 38.5 Å². The van der Waals surface area contributed by atoms with E-state index in [-0.39, 0.29) is 0 Å². The molecule has 1 aliphatic heterocycles. The van der Waals surface area contributed by atoms with Crippen molar-refractivity contribution in [3.05, 3.63) is 53.3 Å². The Balaban J connectivity index is 1.81. The third-order valence-corrected chi connectivity index (χ3v) is 4.20. The standard InChI is InChI=1S/C17H20ClN3O/c1-20(17-6-7-19-12-15(17)18)13-14-4-2-3-5-16(14)21-8-10-22-11-9-21/h2-7,12H,8-11,13H2,1H3. The van der Waals surface area contributed by atoms with Crippen LogP contribution in [-0.2, 0) is 11.3 Å². The van der Waals surface area contributed by atoms with Crippen LogP contribution in [0.1, 0.15) is 5.56 Å². The lowest BCUT2D eigenvalue weighted by molar-refractivity contribution is 0.122. The maximum absolute atomic E-state index is 6.24. The average molecular weight is 318 g/mol. The molecule has 3 rings (SSSR count). The predicted molar refractivity (Wildman–Crippen MR) is 90.8 cm³/mol. The number of morpholine rings is 1. The third kappa shape index (κ3) is 3.34. The molecule has 2 aromatic rings. The highest BCUT2D eigenvalue weighted by atomic mass is 35.5. The third-order valence-electron chi connectivity index (χ3n) is 3.91. The van der Waals surface area contributed by atoms with Gasteiger partial charge in [-0.3, -0.25) is 4.98 Å². The van der Waals surface area contributed by atoms with Crippen LogP contribution in [0, 0.1) is 0 Å². The summed E-state index contributed by atoms with van der Waals surface area (Å²) in [4.78, 5) is 8.59. The van der Waals surface area contributed by atoms with Gasteiger partial charge in [0.2, 0.25) is 0 Å². The summed E-state index contributed by atoms with van der Waals surface area (Å²) in [6.45, 7) is 4.27. The molecule has 1 aromatic heterocycles. The zero-order chi connectivity index (χ0) is 15.4. The van der Waals surface area contributed by atoms with E-state index >= 15 is 0 Å². The lowest BCUT2D eigenvalue weighted by Gasteiger charge is -2.31. The van der Waals surface area contributed by atoms with Gasteiger partial charge in [-0.1, -0.05) is 29.8 Å². The number of anilines is 2. The van der Waals surface area contributed by atoms with Gasteiger partial charge < -0.3 is 14.5 Å². The largest absolute Gasteiger partial charge is 0.378 e. The molecule has 0 atom stereocenters. The van der Waals surface area contributed by atoms with Crippen LogP contribution >= 0.6 is 11.6 Å². The van der Waals surface area contributed by atoms with Crippen LogP contribution in [0.3, 0.4) is 0 Å². The van der Waals surface area contributed by atoms with Gasteiger partial charge in [-0.2, -0.15) is 0 Å². The number of hydrogen-bond donors (Lipinski definition) is 0. The monoisotopic (exact) mass is 317 g/mol. The number of hydrogen-bond acceptors (Lipinski definition) is 4. The van der Waals surface area contributed by atoms with E-state index in [4.69, 9.17) is 16.3 Å². The van der Waals surface area contributed by atoms with Gasteiger partial charge in [0.1, 0.15) is 0 Å². The molecule has 5 heteroatoms. The fraction of sp³-hybridized carbons (Fsp3) is 0.353. The van der Waals surface area contributed by atoms with Crippen molar-refractivity contribution in [2.45, 2.75) is 6.54 Å². The van der Waals surface area contributed by atoms with E-state index in [1.54, 1.807) is 12.4 Å². The Morgan fingerprint density at radius 3 is 2.77 bits per heavy atom. The molecule has 0 bridgehead atoms. The molecule has 1 saturated heterocycles. The minimum Gasteiger partial charge on any atom is -0.378 e. The number of benzene rings is 1. The molecule has 4 nitrogen and oxygen atoms in total. The summed E-state index contributed by atoms with van der Waals surface area (Å²) >= 11 is 6.24. The maximum atomic E-state index is 6.24. The van der Waals surface area contributed by atoms with Crippen molar-refractivity contribution in [3.8, 4) is 0 Å². The van der Waals surface area contributed by atoms with E-state index in [1.165, 1.54) is 11.3 Å². The first-order valence-electron chi connectivity index (χ1n) is 7.47. The summed E-state index contributed by atoms with van der Waals surface area (Å²) in [5.74, 6) is 0. The van der Waals surface area contributed by atoms with Gasteiger partial charge in [-0.15, -0.1) is 0 Å². The quantitative estimate of drug-likeness (QED) is 0.866. The van der Waals surface area contributed by atoms with Crippen molar-refractivity contribution >= 4 is 23.0 Å². The fourth-order valence-corrected chi connectivity index (χ4v) is 3.04. The van der Waals surface area contributed by atoms with Crippen molar-refractivity contribution in [3.63, 3.8) is 0 Å². The predicted octanol–water partition coefficient (Wildman–Crippen LogP) is 3.21. The molecule has 1 aromatic carbocycles. The van der Waals surface area contributed by atoms with Crippen molar-refractivity contribution < 1.29 is 4.74 Å². The average Bonchev–Trinajstić information content (AvgIpc) is 2.56. The van der Waals surface area contributed by atoms with E-state index in [9.17, 15) is 0 Å². The van der Waals surface area contributed by atoms with Crippen molar-refractivity contribution in [1.29, 1.82) is 0 Å². The summed E-state index contributed by atoms with van der Waals surface area (Å²) in [5.41, 5.74) is 3.57. The first kappa shape index (κ1) is 15.1. The smallest absolute Gasteiger partial charge is 0.0822 e. The molecule has 0 N–H and O–H groups in total. The lowest BCUT2D eigenvalue weighted by atomic mass is 10.1. The summed E-state index contributed by atoms with van der Waals surface area (Å²) in [7, 11) is 2.05. The minimum atomic E-state index is 0.675. The fourth-order valence-electron chi connectivity index (χ4n) is 2.78. The van der Waals surface area contributed by atoms with Gasteiger partial charge in [0, 0.05) is 44.8 Å². The highest BCUT2D eigenvalue weighted by Crippen LogP contribution is 2.28. The van der Waals surface area contributed by atoms with Crippen LogP contribution < -0.4 is 9.80 Å². The summed E-state index contributed by atoms with van der Waals surface area (Å²) in [5, 5.41) is 0.675. The van der Waals surface area contributed by atoms with Crippen LogP contribution in [-0.4, -0.2) is 38.3 Å². The molecule has 0 amide bonds. The van der Waals surface area contributed by atoms with E-state index < -0.39 is 0 Å². The highest BCUT2D eigenvalue weighted by Gasteiger charge is 2.16. The van der Waals surface area contributed by atoms with Crippen LogP contribution in [0.15, 0.2) is 42.7 Å². The van der Waals surface area contributed by atoms with Gasteiger partial charge in [0.25, 0.3) is 0 Å². The van der Waals surface area contributed by atoms with Crippen LogP contribution in [0.2, 0.25) is 5.02 Å². The van der Waals surface area contributed by atoms with Crippen LogP contribution in [0.5, 0.6) is 0 Å². The Hall–Kier alpha value is -1.78. The Bertz CT molecular complexity index is 629. The normalized spacial score (nSPS) is 14.9. The highest BCUT2D eigenvalue weighted by molar-refractivity contribution is 6.33. The number of halogens is 1. The van der Waals surface area contributed by atoms with Crippen LogP contribution in [0.4, 0.5) is 11.4 Å². The van der Waals surface area contributed by atoms with Crippen LogP contribution in [0.25, 0.3) is 0 Å². The molecule has 22 heavy (non-hydrogen) atoms. The van der Waals surface area contributed by atoms with Crippen molar-refractivity contribution in [2.75, 3.05) is 43.2 Å². The van der Waals surface area contributed by atoms with Crippen molar-refractivity contribution in [2.24, 2.45) is 0 Å². The molecule has 1 aliphatic rings. The number of nitrogens with zero attached hydrogens (tertiary/aromatic N) is 3. The molecule has 0 aliphatic carbocycles. The topological polar surface area (TPSA) is 28.6 Å². The van der Waals surface area contributed by atoms with Gasteiger partial charge >= 0.3 is 0 Å². The van der Waals surface area contributed by atoms with Gasteiger partial charge in [-0.05, 0) is 17.7 Å². The number of rotatable bonds is 4. The number of aromatic nitrogens is 1. The molecule has 0 unspecified atom stereocenters. The maximum Gasteiger partial charge on any atom is 0.0822 e. The Kier molecular flexibility index (Phi) is 4.80. The van der Waals surface area contributed by atoms with E-state index in [1.807, 2.05) is 6.07 Å². The molecule has 0 radical (unpaired) electrons. The Morgan fingerprint density at radius 1 is 1.23 bits per heavy atom. The molecular formula is C17H20ClN3O. The van der Waals surface area contributed by atoms with E-state index in [0.29, 0.717) is 5.02 Å². The number of para-hydroxylation sites is 1. The summed E-state index contributed by atoms with van der Waals surface area (Å²) in [6, 6.07) is 10.5.